The Morgan fingerprint density at radius 3 is 1.30 bits per heavy atom. The number of rotatable bonds is 8. The number of fused-ring (bicyclic) bond motifs is 11. The highest BCUT2D eigenvalue weighted by Crippen LogP contribution is 2.63. The third kappa shape index (κ3) is 5.08. The Morgan fingerprint density at radius 2 is 0.833 bits per heavy atom. The first-order chi connectivity index (χ1) is 26.6. The lowest BCUT2D eigenvalue weighted by Crippen LogP contribution is -2.32. The van der Waals surface area contributed by atoms with Gasteiger partial charge >= 0.3 is 0 Å². The Morgan fingerprint density at radius 1 is 0.407 bits per heavy atom. The second-order valence-corrected chi connectivity index (χ2v) is 14.0. The fraction of sp³-hybridized carbons (Fsp3) is 0.102. The van der Waals surface area contributed by atoms with Crippen LogP contribution in [0.2, 0.25) is 0 Å². The molecule has 0 saturated heterocycles. The largest absolute Gasteiger partial charge is 0.491 e. The van der Waals surface area contributed by atoms with Crippen LogP contribution < -0.4 is 14.2 Å². The molecule has 2 aliphatic rings. The minimum Gasteiger partial charge on any atom is -0.491 e. The van der Waals surface area contributed by atoms with Crippen LogP contribution in [0.25, 0.3) is 54.9 Å². The maximum absolute atomic E-state index is 9.55. The molecule has 0 aromatic heterocycles. The summed E-state index contributed by atoms with van der Waals surface area (Å²) in [4.78, 5) is 0. The molecule has 2 N–H and O–H groups in total. The van der Waals surface area contributed by atoms with Crippen LogP contribution in [0.15, 0.2) is 158 Å². The summed E-state index contributed by atoms with van der Waals surface area (Å²) in [6.45, 7) is 0.170. The van der Waals surface area contributed by atoms with Crippen molar-refractivity contribution < 1.29 is 24.4 Å². The van der Waals surface area contributed by atoms with Gasteiger partial charge in [-0.05, 0) is 102 Å². The van der Waals surface area contributed by atoms with Gasteiger partial charge in [0.25, 0.3) is 0 Å². The molecule has 5 heteroatoms. The van der Waals surface area contributed by atoms with Crippen molar-refractivity contribution in [2.45, 2.75) is 5.41 Å². The molecule has 1 aliphatic heterocycles. The van der Waals surface area contributed by atoms with Gasteiger partial charge in [-0.25, -0.2) is 0 Å². The van der Waals surface area contributed by atoms with Crippen molar-refractivity contribution in [3.05, 3.63) is 180 Å². The van der Waals surface area contributed by atoms with Gasteiger partial charge in [0.15, 0.2) is 0 Å². The van der Waals surface area contributed by atoms with Gasteiger partial charge < -0.3 is 24.4 Å². The molecular formula is C49H36O5. The van der Waals surface area contributed by atoms with Crippen molar-refractivity contribution in [1.82, 2.24) is 0 Å². The lowest BCUT2D eigenvalue weighted by molar-refractivity contribution is 0.200. The summed E-state index contributed by atoms with van der Waals surface area (Å²) in [6, 6.07) is 56.0. The molecule has 0 fully saturated rings. The quantitative estimate of drug-likeness (QED) is 0.165. The minimum absolute atomic E-state index is 0.0912. The van der Waals surface area contributed by atoms with Crippen LogP contribution in [0.3, 0.4) is 0 Å². The van der Waals surface area contributed by atoms with E-state index < -0.39 is 5.41 Å². The number of ether oxygens (including phenoxy) is 3. The van der Waals surface area contributed by atoms with Crippen molar-refractivity contribution >= 4 is 21.5 Å². The highest BCUT2D eigenvalue weighted by molar-refractivity contribution is 5.94. The molecule has 54 heavy (non-hydrogen) atoms. The predicted molar refractivity (Wildman–Crippen MR) is 215 cm³/mol. The van der Waals surface area contributed by atoms with Gasteiger partial charge in [0.1, 0.15) is 36.2 Å². The Bertz CT molecular complexity index is 2560. The highest BCUT2D eigenvalue weighted by atomic mass is 16.5. The first kappa shape index (κ1) is 32.3. The topological polar surface area (TPSA) is 68.2 Å². The third-order valence-corrected chi connectivity index (χ3v) is 11.0. The predicted octanol–water partition coefficient (Wildman–Crippen LogP) is 10.5. The summed E-state index contributed by atoms with van der Waals surface area (Å²) >= 11 is 0. The molecular weight excluding hydrogens is 669 g/mol. The van der Waals surface area contributed by atoms with Crippen LogP contribution in [0.5, 0.6) is 23.0 Å². The molecule has 262 valence electrons. The van der Waals surface area contributed by atoms with Crippen molar-refractivity contribution in [3.8, 4) is 56.4 Å². The zero-order valence-electron chi connectivity index (χ0n) is 29.5. The molecule has 0 radical (unpaired) electrons. The van der Waals surface area contributed by atoms with E-state index in [1.165, 1.54) is 32.7 Å². The zero-order chi connectivity index (χ0) is 36.2. The summed E-state index contributed by atoms with van der Waals surface area (Å²) in [6.07, 6.45) is 0. The van der Waals surface area contributed by atoms with E-state index in [4.69, 9.17) is 14.2 Å². The average Bonchev–Trinajstić information content (AvgIpc) is 3.50. The monoisotopic (exact) mass is 704 g/mol. The highest BCUT2D eigenvalue weighted by Gasteiger charge is 2.51. The molecule has 10 rings (SSSR count). The van der Waals surface area contributed by atoms with E-state index in [1.54, 1.807) is 0 Å². The van der Waals surface area contributed by atoms with E-state index in [1.807, 2.05) is 24.3 Å². The Balaban J connectivity index is 1.25. The Hall–Kier alpha value is -6.40. The van der Waals surface area contributed by atoms with E-state index in [9.17, 15) is 10.2 Å². The van der Waals surface area contributed by atoms with Crippen molar-refractivity contribution in [2.75, 3.05) is 26.4 Å². The van der Waals surface area contributed by atoms with Gasteiger partial charge in [-0.15, -0.1) is 0 Å². The van der Waals surface area contributed by atoms with E-state index in [0.717, 1.165) is 44.5 Å². The van der Waals surface area contributed by atoms with Crippen LogP contribution in [0.1, 0.15) is 22.3 Å². The average molecular weight is 705 g/mol. The van der Waals surface area contributed by atoms with Crippen molar-refractivity contribution in [3.63, 3.8) is 0 Å². The molecule has 8 aromatic carbocycles. The first-order valence-corrected chi connectivity index (χ1v) is 18.4. The zero-order valence-corrected chi connectivity index (χ0v) is 29.5. The van der Waals surface area contributed by atoms with E-state index in [-0.39, 0.29) is 26.4 Å². The molecule has 0 atom stereocenters. The van der Waals surface area contributed by atoms with Crippen LogP contribution in [0, 0.1) is 0 Å². The van der Waals surface area contributed by atoms with Crippen LogP contribution >= 0.6 is 0 Å². The van der Waals surface area contributed by atoms with E-state index in [0.29, 0.717) is 23.0 Å². The molecule has 0 saturated carbocycles. The van der Waals surface area contributed by atoms with E-state index in [2.05, 4.69) is 133 Å². The minimum atomic E-state index is -0.766. The SMILES string of the molecule is OCCOc1ccc2c(c1)Oc1cc(OCCO)ccc1C21c2cc(-c3ccc4ccccc4c3)ccc2-c2ccc(-c3ccc4ccccc4c3)cc21. The molecule has 1 aliphatic carbocycles. The maximum atomic E-state index is 9.55. The second-order valence-electron chi connectivity index (χ2n) is 14.0. The summed E-state index contributed by atoms with van der Waals surface area (Å²) in [7, 11) is 0. The third-order valence-electron chi connectivity index (χ3n) is 11.0. The van der Waals surface area contributed by atoms with E-state index >= 15 is 0 Å². The van der Waals surface area contributed by atoms with Gasteiger partial charge in [0.05, 0.1) is 18.6 Å². The first-order valence-electron chi connectivity index (χ1n) is 18.4. The molecule has 0 bridgehead atoms. The number of aliphatic hydroxyl groups is 2. The number of hydrogen-bond acceptors (Lipinski definition) is 5. The molecule has 1 heterocycles. The lowest BCUT2D eigenvalue weighted by atomic mass is 9.65. The van der Waals surface area contributed by atoms with Gasteiger partial charge in [0.2, 0.25) is 0 Å². The van der Waals surface area contributed by atoms with Gasteiger partial charge in [-0.3, -0.25) is 0 Å². The van der Waals surface area contributed by atoms with Gasteiger partial charge in [0, 0.05) is 23.3 Å². The Kier molecular flexibility index (Phi) is 7.72. The summed E-state index contributed by atoms with van der Waals surface area (Å²) in [5, 5.41) is 23.9. The van der Waals surface area contributed by atoms with Crippen molar-refractivity contribution in [2.24, 2.45) is 0 Å². The number of benzene rings is 8. The van der Waals surface area contributed by atoms with Crippen LogP contribution in [-0.4, -0.2) is 36.6 Å². The number of aliphatic hydroxyl groups excluding tert-OH is 2. The van der Waals surface area contributed by atoms with Gasteiger partial charge in [-0.1, -0.05) is 109 Å². The molecule has 0 unspecified atom stereocenters. The standard InChI is InChI=1S/C49H36O5/c50-21-23-52-39-15-19-43-47(29-39)54-48-30-40(53-24-22-51)16-20-44(48)49(43)45-27-37(35-11-9-31-5-1-3-7-33(31)25-35)13-17-41(45)42-18-14-38(28-46(42)49)36-12-10-32-6-2-4-8-34(32)26-36/h1-20,25-30,50-51H,21-24H2. The van der Waals surface area contributed by atoms with Crippen LogP contribution in [0.4, 0.5) is 0 Å². The fourth-order valence-electron chi connectivity index (χ4n) is 8.56. The number of hydrogen-bond donors (Lipinski definition) is 2. The normalized spacial score (nSPS) is 13.2. The smallest absolute Gasteiger partial charge is 0.135 e. The fourth-order valence-corrected chi connectivity index (χ4v) is 8.56. The van der Waals surface area contributed by atoms with Crippen molar-refractivity contribution in [1.29, 1.82) is 0 Å². The molecule has 0 amide bonds. The molecule has 8 aromatic rings. The van der Waals surface area contributed by atoms with Gasteiger partial charge in [-0.2, -0.15) is 0 Å². The summed E-state index contributed by atoms with van der Waals surface area (Å²) < 4.78 is 18.6. The lowest BCUT2D eigenvalue weighted by Gasteiger charge is -2.40. The summed E-state index contributed by atoms with van der Waals surface area (Å²) in [5.74, 6) is 2.57. The Labute approximate surface area is 313 Å². The van der Waals surface area contributed by atoms with Crippen LogP contribution in [-0.2, 0) is 5.41 Å². The molecule has 1 spiro atoms. The summed E-state index contributed by atoms with van der Waals surface area (Å²) in [5.41, 5.74) is 10.4. The molecule has 5 nitrogen and oxygen atoms in total. The second kappa shape index (κ2) is 12.9. The maximum Gasteiger partial charge on any atom is 0.135 e.